The maximum Gasteiger partial charge on any atom is 0.274 e. The molecule has 1 fully saturated rings. The van der Waals surface area contributed by atoms with E-state index in [0.29, 0.717) is 32.6 Å². The van der Waals surface area contributed by atoms with E-state index in [0.717, 1.165) is 24.1 Å². The lowest BCUT2D eigenvalue weighted by atomic mass is 10.0. The molecule has 3 aliphatic rings. The van der Waals surface area contributed by atoms with Gasteiger partial charge in [-0.2, -0.15) is 0 Å². The van der Waals surface area contributed by atoms with Gasteiger partial charge in [-0.3, -0.25) is 9.59 Å². The zero-order valence-electron chi connectivity index (χ0n) is 15.7. The molecule has 0 bridgehead atoms. The molecule has 2 aromatic rings. The summed E-state index contributed by atoms with van der Waals surface area (Å²) >= 11 is 0. The van der Waals surface area contributed by atoms with Gasteiger partial charge in [0.15, 0.2) is 11.4 Å². The van der Waals surface area contributed by atoms with Crippen molar-refractivity contribution in [3.05, 3.63) is 52.6 Å². The highest BCUT2D eigenvalue weighted by Crippen LogP contribution is 2.49. The molecule has 0 radical (unpaired) electrons. The van der Waals surface area contributed by atoms with Crippen LogP contribution >= 0.6 is 0 Å². The zero-order chi connectivity index (χ0) is 19.6. The number of halogens is 1. The number of benzene rings is 1. The van der Waals surface area contributed by atoms with Crippen LogP contribution in [-0.2, 0) is 19.5 Å². The van der Waals surface area contributed by atoms with Gasteiger partial charge in [-0.1, -0.05) is 12.1 Å². The Morgan fingerprint density at radius 3 is 2.50 bits per heavy atom. The number of amides is 2. The van der Waals surface area contributed by atoms with Gasteiger partial charge in [-0.25, -0.2) is 4.39 Å². The van der Waals surface area contributed by atoms with Gasteiger partial charge in [-0.15, -0.1) is 0 Å². The van der Waals surface area contributed by atoms with Crippen molar-refractivity contribution in [3.63, 3.8) is 0 Å². The Balaban J connectivity index is 1.51. The molecule has 2 aliphatic heterocycles. The fraction of sp³-hybridized carbons (Fsp3) is 0.429. The Labute approximate surface area is 162 Å². The van der Waals surface area contributed by atoms with Crippen molar-refractivity contribution in [1.29, 1.82) is 0 Å². The summed E-state index contributed by atoms with van der Waals surface area (Å²) in [6.45, 7) is 4.04. The number of nitrogens with zero attached hydrogens (tertiary/aromatic N) is 3. The standard InChI is InChI=1S/C21H22FN3O3/c1-2-25-20(28)17-18(26)16-15(24(17)12-21(25)8-9-21)7-10-23(19(16)27)11-13-3-5-14(22)6-4-13/h3-6,26H,2,7-12H2,1H3. The Bertz CT molecular complexity index is 991. The first-order valence-electron chi connectivity index (χ1n) is 9.75. The van der Waals surface area contributed by atoms with Gasteiger partial charge in [0.25, 0.3) is 11.8 Å². The summed E-state index contributed by atoms with van der Waals surface area (Å²) in [4.78, 5) is 29.6. The van der Waals surface area contributed by atoms with E-state index < -0.39 is 0 Å². The second-order valence-corrected chi connectivity index (χ2v) is 7.98. The normalized spacial score (nSPS) is 19.8. The van der Waals surface area contributed by atoms with Crippen molar-refractivity contribution in [2.45, 2.75) is 44.8 Å². The van der Waals surface area contributed by atoms with Gasteiger partial charge in [0.1, 0.15) is 11.4 Å². The fourth-order valence-electron chi connectivity index (χ4n) is 4.76. The molecule has 2 amide bonds. The summed E-state index contributed by atoms with van der Waals surface area (Å²) in [5.74, 6) is -0.966. The first-order chi connectivity index (χ1) is 13.4. The SMILES string of the molecule is CCN1C(=O)c2c(O)c3c(n2CC12CC2)CCN(Cc1ccc(F)cc1)C3=O. The maximum atomic E-state index is 13.1. The lowest BCUT2D eigenvalue weighted by Gasteiger charge is -2.37. The zero-order valence-corrected chi connectivity index (χ0v) is 15.7. The smallest absolute Gasteiger partial charge is 0.274 e. The van der Waals surface area contributed by atoms with Crippen LogP contribution in [0.3, 0.4) is 0 Å². The minimum atomic E-state index is -0.318. The van der Waals surface area contributed by atoms with E-state index >= 15 is 0 Å². The van der Waals surface area contributed by atoms with Crippen LogP contribution in [-0.4, -0.2) is 49.9 Å². The molecule has 1 N–H and O–H groups in total. The van der Waals surface area contributed by atoms with Crippen LogP contribution in [0.15, 0.2) is 24.3 Å². The molecule has 5 rings (SSSR count). The number of aromatic nitrogens is 1. The Morgan fingerprint density at radius 2 is 1.86 bits per heavy atom. The number of hydrogen-bond acceptors (Lipinski definition) is 3. The summed E-state index contributed by atoms with van der Waals surface area (Å²) in [7, 11) is 0. The summed E-state index contributed by atoms with van der Waals surface area (Å²) in [5.41, 5.74) is 1.95. The number of rotatable bonds is 3. The van der Waals surface area contributed by atoms with E-state index in [1.165, 1.54) is 12.1 Å². The molecule has 1 saturated carbocycles. The van der Waals surface area contributed by atoms with Gasteiger partial charge in [0.2, 0.25) is 0 Å². The van der Waals surface area contributed by atoms with E-state index in [9.17, 15) is 19.1 Å². The molecular formula is C21H22FN3O3. The van der Waals surface area contributed by atoms with Gasteiger partial charge < -0.3 is 19.5 Å². The highest BCUT2D eigenvalue weighted by atomic mass is 19.1. The summed E-state index contributed by atoms with van der Waals surface area (Å²) in [5, 5.41) is 10.8. The van der Waals surface area contributed by atoms with E-state index in [1.54, 1.807) is 17.0 Å². The summed E-state index contributed by atoms with van der Waals surface area (Å²) in [6, 6.07) is 6.05. The first-order valence-corrected chi connectivity index (χ1v) is 9.75. The molecule has 146 valence electrons. The van der Waals surface area contributed by atoms with Crippen molar-refractivity contribution >= 4 is 11.8 Å². The number of aromatic hydroxyl groups is 1. The predicted molar refractivity (Wildman–Crippen MR) is 99.6 cm³/mol. The van der Waals surface area contributed by atoms with Crippen molar-refractivity contribution in [1.82, 2.24) is 14.4 Å². The van der Waals surface area contributed by atoms with Crippen LogP contribution in [0, 0.1) is 5.82 Å². The predicted octanol–water partition coefficient (Wildman–Crippen LogP) is 2.54. The highest BCUT2D eigenvalue weighted by Gasteiger charge is 2.55. The second-order valence-electron chi connectivity index (χ2n) is 7.98. The van der Waals surface area contributed by atoms with Gasteiger partial charge in [0, 0.05) is 38.3 Å². The van der Waals surface area contributed by atoms with E-state index in [1.807, 2.05) is 16.4 Å². The van der Waals surface area contributed by atoms with Crippen molar-refractivity contribution < 1.29 is 19.1 Å². The fourth-order valence-corrected chi connectivity index (χ4v) is 4.76. The van der Waals surface area contributed by atoms with Crippen molar-refractivity contribution in [2.24, 2.45) is 0 Å². The van der Waals surface area contributed by atoms with E-state index in [4.69, 9.17) is 0 Å². The topological polar surface area (TPSA) is 65.8 Å². The quantitative estimate of drug-likeness (QED) is 0.886. The minimum absolute atomic E-state index is 0.146. The number of likely N-dealkylation sites (N-methyl/N-ethyl adjacent to an activating group) is 1. The molecule has 7 heteroatoms. The molecule has 1 aromatic heterocycles. The number of carbonyl (C=O) groups excluding carboxylic acids is 2. The van der Waals surface area contributed by atoms with Crippen LogP contribution in [0.2, 0.25) is 0 Å². The molecule has 28 heavy (non-hydrogen) atoms. The van der Waals surface area contributed by atoms with Crippen molar-refractivity contribution in [3.8, 4) is 5.75 Å². The lowest BCUT2D eigenvalue weighted by molar-refractivity contribution is 0.0559. The number of fused-ring (bicyclic) bond motifs is 3. The van der Waals surface area contributed by atoms with Crippen LogP contribution in [0.5, 0.6) is 5.75 Å². The largest absolute Gasteiger partial charge is 0.505 e. The van der Waals surface area contributed by atoms with Gasteiger partial charge in [0.05, 0.1) is 5.54 Å². The summed E-state index contributed by atoms with van der Waals surface area (Å²) in [6.07, 6.45) is 2.51. The average molecular weight is 383 g/mol. The number of hydrogen-bond donors (Lipinski definition) is 1. The van der Waals surface area contributed by atoms with Crippen LogP contribution in [0.1, 0.15) is 51.9 Å². The molecule has 0 saturated heterocycles. The van der Waals surface area contributed by atoms with E-state index in [2.05, 4.69) is 0 Å². The van der Waals surface area contributed by atoms with Crippen LogP contribution in [0.4, 0.5) is 4.39 Å². The van der Waals surface area contributed by atoms with E-state index in [-0.39, 0.29) is 40.2 Å². The third-order valence-corrected chi connectivity index (χ3v) is 6.37. The molecule has 1 aromatic carbocycles. The summed E-state index contributed by atoms with van der Waals surface area (Å²) < 4.78 is 15.0. The Morgan fingerprint density at radius 1 is 1.14 bits per heavy atom. The van der Waals surface area contributed by atoms with Crippen LogP contribution < -0.4 is 0 Å². The molecule has 3 heterocycles. The molecule has 0 unspecified atom stereocenters. The van der Waals surface area contributed by atoms with Gasteiger partial charge >= 0.3 is 0 Å². The minimum Gasteiger partial charge on any atom is -0.505 e. The molecule has 0 atom stereocenters. The Kier molecular flexibility index (Phi) is 3.60. The molecule has 1 spiro atoms. The second kappa shape index (κ2) is 5.83. The van der Waals surface area contributed by atoms with Crippen molar-refractivity contribution in [2.75, 3.05) is 13.1 Å². The molecule has 6 nitrogen and oxygen atoms in total. The van der Waals surface area contributed by atoms with Crippen LogP contribution in [0.25, 0.3) is 0 Å². The monoisotopic (exact) mass is 383 g/mol. The molecule has 1 aliphatic carbocycles. The third-order valence-electron chi connectivity index (χ3n) is 6.37. The maximum absolute atomic E-state index is 13.1. The molecular weight excluding hydrogens is 361 g/mol. The lowest BCUT2D eigenvalue weighted by Crippen LogP contribution is -2.50. The number of carbonyl (C=O) groups is 2. The van der Waals surface area contributed by atoms with Gasteiger partial charge in [-0.05, 0) is 37.5 Å². The average Bonchev–Trinajstić information content (AvgIpc) is 3.37. The highest BCUT2D eigenvalue weighted by molar-refractivity contribution is 6.06. The first kappa shape index (κ1) is 17.3. The third kappa shape index (κ3) is 2.31. The Hall–Kier alpha value is -2.83.